The Hall–Kier alpha value is -0.970. The predicted molar refractivity (Wildman–Crippen MR) is 86.7 cm³/mol. The Bertz CT molecular complexity index is 535. The maximum atomic E-state index is 11.7. The highest BCUT2D eigenvalue weighted by molar-refractivity contribution is 6.40. The number of carbonyl (C=O) groups excluding carboxylic acids is 2. The van der Waals surface area contributed by atoms with E-state index in [1.54, 1.807) is 6.92 Å². The summed E-state index contributed by atoms with van der Waals surface area (Å²) >= 11 is 17.6. The van der Waals surface area contributed by atoms with E-state index < -0.39 is 11.9 Å². The van der Waals surface area contributed by atoms with Crippen molar-refractivity contribution in [3.05, 3.63) is 27.2 Å². The van der Waals surface area contributed by atoms with Gasteiger partial charge in [-0.2, -0.15) is 0 Å². The standard InChI is InChI=1S/C15H17Cl3O4/c1-8(2)9(3)21-13(19)4-5-14(20)22-15-11(17)6-10(16)7-12(15)18/h6-9H,4-5H2,1-3H3. The van der Waals surface area contributed by atoms with Gasteiger partial charge in [-0.1, -0.05) is 48.7 Å². The van der Waals surface area contributed by atoms with Crippen LogP contribution in [-0.2, 0) is 14.3 Å². The number of rotatable bonds is 6. The van der Waals surface area contributed by atoms with Crippen molar-refractivity contribution in [3.8, 4) is 5.75 Å². The molecule has 1 unspecified atom stereocenters. The molecule has 0 fully saturated rings. The van der Waals surface area contributed by atoms with Gasteiger partial charge in [0.2, 0.25) is 0 Å². The highest BCUT2D eigenvalue weighted by Crippen LogP contribution is 2.36. The first-order valence-corrected chi connectivity index (χ1v) is 7.88. The molecule has 0 aliphatic rings. The van der Waals surface area contributed by atoms with Crippen LogP contribution in [0.25, 0.3) is 0 Å². The van der Waals surface area contributed by atoms with Gasteiger partial charge in [0.15, 0.2) is 5.75 Å². The Balaban J connectivity index is 2.52. The summed E-state index contributed by atoms with van der Waals surface area (Å²) in [6.07, 6.45) is -0.402. The summed E-state index contributed by atoms with van der Waals surface area (Å²) in [4.78, 5) is 23.3. The summed E-state index contributed by atoms with van der Waals surface area (Å²) in [6, 6.07) is 2.83. The van der Waals surface area contributed by atoms with Crippen LogP contribution in [0.3, 0.4) is 0 Å². The molecule has 0 aliphatic heterocycles. The van der Waals surface area contributed by atoms with Crippen molar-refractivity contribution in [2.24, 2.45) is 5.92 Å². The van der Waals surface area contributed by atoms with Crippen molar-refractivity contribution >= 4 is 46.7 Å². The second-order valence-electron chi connectivity index (χ2n) is 5.11. The summed E-state index contributed by atoms with van der Waals surface area (Å²) in [5.41, 5.74) is 0. The predicted octanol–water partition coefficient (Wildman–Crippen LogP) is 4.92. The van der Waals surface area contributed by atoms with Crippen LogP contribution >= 0.6 is 34.8 Å². The molecule has 1 atom stereocenters. The summed E-state index contributed by atoms with van der Waals surface area (Å²) in [7, 11) is 0. The fourth-order valence-electron chi connectivity index (χ4n) is 1.40. The van der Waals surface area contributed by atoms with Gasteiger partial charge in [-0.05, 0) is 25.0 Å². The van der Waals surface area contributed by atoms with Crippen molar-refractivity contribution in [2.75, 3.05) is 0 Å². The average Bonchev–Trinajstić information content (AvgIpc) is 2.40. The maximum absolute atomic E-state index is 11.7. The minimum atomic E-state index is -0.625. The molecule has 0 bridgehead atoms. The van der Waals surface area contributed by atoms with E-state index in [4.69, 9.17) is 44.3 Å². The smallest absolute Gasteiger partial charge is 0.311 e. The first kappa shape index (κ1) is 19.1. The van der Waals surface area contributed by atoms with Gasteiger partial charge in [-0.25, -0.2) is 0 Å². The van der Waals surface area contributed by atoms with E-state index >= 15 is 0 Å². The third-order valence-corrected chi connectivity index (χ3v) is 3.75. The van der Waals surface area contributed by atoms with Gasteiger partial charge >= 0.3 is 11.9 Å². The Kier molecular flexibility index (Phi) is 7.46. The number of carbonyl (C=O) groups is 2. The normalized spacial score (nSPS) is 12.1. The molecule has 0 saturated heterocycles. The number of ether oxygens (including phenoxy) is 2. The Labute approximate surface area is 144 Å². The van der Waals surface area contributed by atoms with Crippen LogP contribution in [0.4, 0.5) is 0 Å². The van der Waals surface area contributed by atoms with Crippen molar-refractivity contribution in [3.63, 3.8) is 0 Å². The zero-order valence-electron chi connectivity index (χ0n) is 12.5. The molecule has 4 nitrogen and oxygen atoms in total. The SMILES string of the molecule is CC(C)C(C)OC(=O)CCC(=O)Oc1c(Cl)cc(Cl)cc1Cl. The quantitative estimate of drug-likeness (QED) is 0.529. The maximum Gasteiger partial charge on any atom is 0.311 e. The van der Waals surface area contributed by atoms with E-state index in [-0.39, 0.29) is 40.7 Å². The molecule has 7 heteroatoms. The van der Waals surface area contributed by atoms with Crippen LogP contribution < -0.4 is 4.74 Å². The van der Waals surface area contributed by atoms with Crippen LogP contribution in [0.5, 0.6) is 5.75 Å². The van der Waals surface area contributed by atoms with E-state index in [2.05, 4.69) is 0 Å². The second-order valence-corrected chi connectivity index (χ2v) is 6.36. The van der Waals surface area contributed by atoms with E-state index in [0.29, 0.717) is 5.02 Å². The molecule has 1 aromatic carbocycles. The summed E-state index contributed by atoms with van der Waals surface area (Å²) in [5, 5.41) is 0.588. The Morgan fingerprint density at radius 3 is 2.00 bits per heavy atom. The Morgan fingerprint density at radius 2 is 1.50 bits per heavy atom. The number of benzene rings is 1. The molecule has 0 spiro atoms. The lowest BCUT2D eigenvalue weighted by Crippen LogP contribution is -2.21. The molecular formula is C15H17Cl3O4. The second kappa shape index (κ2) is 8.61. The fraction of sp³-hybridized carbons (Fsp3) is 0.467. The van der Waals surface area contributed by atoms with Gasteiger partial charge in [0.25, 0.3) is 0 Å². The third kappa shape index (κ3) is 6.03. The van der Waals surface area contributed by atoms with Crippen LogP contribution in [-0.4, -0.2) is 18.0 Å². The molecule has 1 rings (SSSR count). The first-order valence-electron chi connectivity index (χ1n) is 6.75. The molecule has 0 radical (unpaired) electrons. The number of halogens is 3. The summed E-state index contributed by atoms with van der Waals surface area (Å²) < 4.78 is 10.2. The van der Waals surface area contributed by atoms with Gasteiger partial charge in [-0.15, -0.1) is 0 Å². The van der Waals surface area contributed by atoms with E-state index in [1.165, 1.54) is 12.1 Å². The van der Waals surface area contributed by atoms with Crippen LogP contribution in [0.1, 0.15) is 33.6 Å². The fourth-order valence-corrected chi connectivity index (χ4v) is 2.29. The number of esters is 2. The molecule has 0 aromatic heterocycles. The van der Waals surface area contributed by atoms with E-state index in [0.717, 1.165) is 0 Å². The van der Waals surface area contributed by atoms with Crippen molar-refractivity contribution in [2.45, 2.75) is 39.7 Å². The molecule has 1 aromatic rings. The minimum absolute atomic E-state index is 0.0293. The van der Waals surface area contributed by atoms with Crippen LogP contribution in [0.15, 0.2) is 12.1 Å². The van der Waals surface area contributed by atoms with E-state index in [9.17, 15) is 9.59 Å². The third-order valence-electron chi connectivity index (χ3n) is 2.97. The van der Waals surface area contributed by atoms with Gasteiger partial charge in [-0.3, -0.25) is 9.59 Å². The Morgan fingerprint density at radius 1 is 1.00 bits per heavy atom. The van der Waals surface area contributed by atoms with Gasteiger partial charge < -0.3 is 9.47 Å². The summed E-state index contributed by atoms with van der Waals surface area (Å²) in [6.45, 7) is 5.68. The number of hydrogen-bond donors (Lipinski definition) is 0. The van der Waals surface area contributed by atoms with Gasteiger partial charge in [0.1, 0.15) is 6.10 Å². The lowest BCUT2D eigenvalue weighted by molar-refractivity contribution is -0.152. The molecule has 0 amide bonds. The van der Waals surface area contributed by atoms with Crippen molar-refractivity contribution < 1.29 is 19.1 Å². The molecule has 0 saturated carbocycles. The first-order chi connectivity index (χ1) is 10.2. The van der Waals surface area contributed by atoms with Crippen molar-refractivity contribution in [1.29, 1.82) is 0 Å². The molecule has 0 heterocycles. The largest absolute Gasteiger partial charge is 0.462 e. The molecule has 0 aliphatic carbocycles. The zero-order valence-corrected chi connectivity index (χ0v) is 14.8. The molecular weight excluding hydrogens is 351 g/mol. The monoisotopic (exact) mass is 366 g/mol. The van der Waals surface area contributed by atoms with Crippen LogP contribution in [0, 0.1) is 5.92 Å². The highest BCUT2D eigenvalue weighted by Gasteiger charge is 2.17. The number of hydrogen-bond acceptors (Lipinski definition) is 4. The van der Waals surface area contributed by atoms with Gasteiger partial charge in [0.05, 0.1) is 22.9 Å². The molecule has 0 N–H and O–H groups in total. The minimum Gasteiger partial charge on any atom is -0.462 e. The molecule has 22 heavy (non-hydrogen) atoms. The summed E-state index contributed by atoms with van der Waals surface area (Å²) in [5.74, 6) is -0.837. The van der Waals surface area contributed by atoms with Gasteiger partial charge in [0, 0.05) is 5.02 Å². The lowest BCUT2D eigenvalue weighted by Gasteiger charge is -2.16. The average molecular weight is 368 g/mol. The lowest BCUT2D eigenvalue weighted by atomic mass is 10.1. The highest BCUT2D eigenvalue weighted by atomic mass is 35.5. The molecule has 122 valence electrons. The van der Waals surface area contributed by atoms with Crippen molar-refractivity contribution in [1.82, 2.24) is 0 Å². The van der Waals surface area contributed by atoms with Crippen LogP contribution in [0.2, 0.25) is 15.1 Å². The topological polar surface area (TPSA) is 52.6 Å². The van der Waals surface area contributed by atoms with E-state index in [1.807, 2.05) is 13.8 Å². The zero-order chi connectivity index (χ0) is 16.9.